The predicted molar refractivity (Wildman–Crippen MR) is 116 cm³/mol. The van der Waals surface area contributed by atoms with Crippen LogP contribution in [-0.4, -0.2) is 36.4 Å². The van der Waals surface area contributed by atoms with Gasteiger partial charge in [0.15, 0.2) is 5.78 Å². The van der Waals surface area contributed by atoms with E-state index in [-0.39, 0.29) is 23.6 Å². The Balaban J connectivity index is 1.43. The zero-order chi connectivity index (χ0) is 20.8. The lowest BCUT2D eigenvalue weighted by atomic mass is 9.87. The molecule has 0 unspecified atom stereocenters. The molecule has 0 N–H and O–H groups in total. The molecule has 0 bridgehead atoms. The summed E-state index contributed by atoms with van der Waals surface area (Å²) in [6.07, 6.45) is 1.38. The van der Waals surface area contributed by atoms with E-state index in [2.05, 4.69) is 17.0 Å². The highest BCUT2D eigenvalue weighted by atomic mass is 19.1. The lowest BCUT2D eigenvalue weighted by Gasteiger charge is -2.38. The van der Waals surface area contributed by atoms with Gasteiger partial charge < -0.3 is 9.64 Å². The Morgan fingerprint density at radius 1 is 0.933 bits per heavy atom. The third kappa shape index (κ3) is 5.14. The number of halogens is 1. The molecule has 3 nitrogen and oxygen atoms in total. The minimum atomic E-state index is -0.264. The summed E-state index contributed by atoms with van der Waals surface area (Å²) in [5.41, 5.74) is 2.00. The molecule has 1 aliphatic heterocycles. The molecular formula is C26H26FNO2. The van der Waals surface area contributed by atoms with E-state index in [9.17, 15) is 9.18 Å². The fourth-order valence-corrected chi connectivity index (χ4v) is 4.08. The Labute approximate surface area is 177 Å². The van der Waals surface area contributed by atoms with Gasteiger partial charge >= 0.3 is 0 Å². The molecule has 1 aliphatic rings. The Bertz CT molecular complexity index is 944. The Kier molecular flexibility index (Phi) is 6.55. The van der Waals surface area contributed by atoms with Gasteiger partial charge in [-0.2, -0.15) is 0 Å². The van der Waals surface area contributed by atoms with Crippen molar-refractivity contribution in [1.82, 2.24) is 4.90 Å². The van der Waals surface area contributed by atoms with Gasteiger partial charge in [0.2, 0.25) is 0 Å². The van der Waals surface area contributed by atoms with Crippen LogP contribution in [0.15, 0.2) is 84.9 Å². The predicted octanol–water partition coefficient (Wildman–Crippen LogP) is 5.34. The number of benzene rings is 3. The summed E-state index contributed by atoms with van der Waals surface area (Å²) in [5.74, 6) is 0.795. The first-order valence-corrected chi connectivity index (χ1v) is 10.5. The fraction of sp³-hybridized carbons (Fsp3) is 0.269. The summed E-state index contributed by atoms with van der Waals surface area (Å²) in [4.78, 5) is 14.8. The van der Waals surface area contributed by atoms with Gasteiger partial charge in [0.05, 0.1) is 0 Å². The zero-order valence-corrected chi connectivity index (χ0v) is 16.9. The number of carbonyl (C=O) groups excluding carboxylic acids is 1. The molecule has 0 aliphatic carbocycles. The Morgan fingerprint density at radius 3 is 2.30 bits per heavy atom. The summed E-state index contributed by atoms with van der Waals surface area (Å²) in [5, 5.41) is 0. The van der Waals surface area contributed by atoms with E-state index in [0.717, 1.165) is 31.6 Å². The second-order valence-corrected chi connectivity index (χ2v) is 7.76. The van der Waals surface area contributed by atoms with Crippen LogP contribution in [0.4, 0.5) is 4.39 Å². The topological polar surface area (TPSA) is 29.5 Å². The van der Waals surface area contributed by atoms with Crippen LogP contribution in [0.1, 0.15) is 34.7 Å². The molecule has 0 amide bonds. The molecule has 0 radical (unpaired) electrons. The van der Waals surface area contributed by atoms with Gasteiger partial charge in [0, 0.05) is 37.5 Å². The van der Waals surface area contributed by atoms with Crippen molar-refractivity contribution in [2.75, 3.05) is 19.6 Å². The van der Waals surface area contributed by atoms with Crippen molar-refractivity contribution in [3.8, 4) is 5.75 Å². The van der Waals surface area contributed by atoms with Crippen LogP contribution in [0.3, 0.4) is 0 Å². The molecule has 3 aromatic carbocycles. The van der Waals surface area contributed by atoms with Gasteiger partial charge in [-0.15, -0.1) is 0 Å². The molecule has 30 heavy (non-hydrogen) atoms. The van der Waals surface area contributed by atoms with Crippen molar-refractivity contribution in [3.05, 3.63) is 102 Å². The van der Waals surface area contributed by atoms with E-state index in [1.165, 1.54) is 17.7 Å². The van der Waals surface area contributed by atoms with Crippen molar-refractivity contribution in [1.29, 1.82) is 0 Å². The van der Waals surface area contributed by atoms with Crippen LogP contribution in [0, 0.1) is 5.82 Å². The largest absolute Gasteiger partial charge is 0.490 e. The molecule has 0 spiro atoms. The van der Waals surface area contributed by atoms with Crippen molar-refractivity contribution in [3.63, 3.8) is 0 Å². The van der Waals surface area contributed by atoms with Gasteiger partial charge in [-0.1, -0.05) is 60.7 Å². The number of piperidine rings is 1. The second-order valence-electron chi connectivity index (χ2n) is 7.76. The molecule has 3 aromatic rings. The normalized spacial score (nSPS) is 19.4. The van der Waals surface area contributed by atoms with Crippen LogP contribution in [0.25, 0.3) is 0 Å². The van der Waals surface area contributed by atoms with Gasteiger partial charge in [0.25, 0.3) is 0 Å². The highest BCUT2D eigenvalue weighted by Crippen LogP contribution is 2.31. The standard InChI is InChI=1S/C26H26FNO2/c27-22-11-13-23(14-12-22)30-26-16-18-28(19-24(26)20-7-3-1-4-8-20)17-15-25(29)21-9-5-2-6-10-21/h1-14,24,26H,15-19H2/t24-,26+/m1/s1. The van der Waals surface area contributed by atoms with Gasteiger partial charge in [0.1, 0.15) is 17.7 Å². The van der Waals surface area contributed by atoms with E-state index < -0.39 is 0 Å². The van der Waals surface area contributed by atoms with E-state index >= 15 is 0 Å². The lowest BCUT2D eigenvalue weighted by molar-refractivity contribution is 0.0735. The van der Waals surface area contributed by atoms with Crippen molar-refractivity contribution < 1.29 is 13.9 Å². The molecular weight excluding hydrogens is 377 g/mol. The lowest BCUT2D eigenvalue weighted by Crippen LogP contribution is -2.44. The van der Waals surface area contributed by atoms with Crippen molar-refractivity contribution in [2.24, 2.45) is 0 Å². The highest BCUT2D eigenvalue weighted by molar-refractivity contribution is 5.96. The molecule has 2 atom stereocenters. The summed E-state index contributed by atoms with van der Waals surface area (Å²) in [6, 6.07) is 26.0. The maximum absolute atomic E-state index is 13.2. The smallest absolute Gasteiger partial charge is 0.164 e. The Hall–Kier alpha value is -2.98. The van der Waals surface area contributed by atoms with Crippen molar-refractivity contribution in [2.45, 2.75) is 24.9 Å². The molecule has 1 saturated heterocycles. The van der Waals surface area contributed by atoms with E-state index in [1.54, 1.807) is 12.1 Å². The minimum absolute atomic E-state index is 0.0129. The maximum atomic E-state index is 13.2. The highest BCUT2D eigenvalue weighted by Gasteiger charge is 2.32. The number of hydrogen-bond donors (Lipinski definition) is 0. The third-order valence-corrected chi connectivity index (χ3v) is 5.71. The molecule has 0 aromatic heterocycles. The van der Waals surface area contributed by atoms with E-state index in [1.807, 2.05) is 48.5 Å². The van der Waals surface area contributed by atoms with Gasteiger partial charge in [-0.05, 0) is 36.2 Å². The quantitative estimate of drug-likeness (QED) is 0.499. The average molecular weight is 403 g/mol. The van der Waals surface area contributed by atoms with Crippen LogP contribution < -0.4 is 4.74 Å². The van der Waals surface area contributed by atoms with Crippen LogP contribution in [-0.2, 0) is 0 Å². The zero-order valence-electron chi connectivity index (χ0n) is 16.9. The number of Topliss-reactive ketones (excluding diaryl/α,β-unsaturated/α-hetero) is 1. The van der Waals surface area contributed by atoms with Crippen LogP contribution in [0.5, 0.6) is 5.75 Å². The molecule has 1 fully saturated rings. The number of nitrogens with zero attached hydrogens (tertiary/aromatic N) is 1. The van der Waals surface area contributed by atoms with Crippen molar-refractivity contribution >= 4 is 5.78 Å². The number of carbonyl (C=O) groups is 1. The van der Waals surface area contributed by atoms with E-state index in [4.69, 9.17) is 4.74 Å². The molecule has 4 heteroatoms. The molecule has 4 rings (SSSR count). The minimum Gasteiger partial charge on any atom is -0.490 e. The van der Waals surface area contributed by atoms with Crippen LogP contribution in [0.2, 0.25) is 0 Å². The fourth-order valence-electron chi connectivity index (χ4n) is 4.08. The maximum Gasteiger partial charge on any atom is 0.164 e. The number of ketones is 1. The summed E-state index contributed by atoms with van der Waals surface area (Å²) >= 11 is 0. The number of ether oxygens (including phenoxy) is 1. The summed E-state index contributed by atoms with van der Waals surface area (Å²) in [6.45, 7) is 2.44. The molecule has 154 valence electrons. The molecule has 0 saturated carbocycles. The first-order chi connectivity index (χ1) is 14.7. The number of hydrogen-bond acceptors (Lipinski definition) is 3. The second kappa shape index (κ2) is 9.68. The average Bonchev–Trinajstić information content (AvgIpc) is 2.81. The van der Waals surface area contributed by atoms with E-state index in [0.29, 0.717) is 12.2 Å². The first-order valence-electron chi connectivity index (χ1n) is 10.5. The summed E-state index contributed by atoms with van der Waals surface area (Å²) in [7, 11) is 0. The first kappa shape index (κ1) is 20.3. The number of rotatable bonds is 7. The monoisotopic (exact) mass is 403 g/mol. The van der Waals surface area contributed by atoms with Crippen LogP contribution >= 0.6 is 0 Å². The molecule has 1 heterocycles. The third-order valence-electron chi connectivity index (χ3n) is 5.71. The summed E-state index contributed by atoms with van der Waals surface area (Å²) < 4.78 is 19.5. The SMILES string of the molecule is O=C(CCN1CC[C@H](Oc2ccc(F)cc2)[C@@H](c2ccccc2)C1)c1ccccc1. The van der Waals surface area contributed by atoms with Gasteiger partial charge in [-0.25, -0.2) is 4.39 Å². The Morgan fingerprint density at radius 2 is 1.60 bits per heavy atom. The number of likely N-dealkylation sites (tertiary alicyclic amines) is 1. The van der Waals surface area contributed by atoms with Gasteiger partial charge in [-0.3, -0.25) is 4.79 Å².